The third-order valence-electron chi connectivity index (χ3n) is 6.95. The maximum Gasteiger partial charge on any atom is 0.416 e. The Bertz CT molecular complexity index is 1600. The number of carbonyl (C=O) groups is 1. The predicted molar refractivity (Wildman–Crippen MR) is 143 cm³/mol. The maximum atomic E-state index is 14.1. The zero-order valence-electron chi connectivity index (χ0n) is 22.3. The largest absolute Gasteiger partial charge is 0.416 e. The van der Waals surface area contributed by atoms with E-state index in [1.165, 1.54) is 32.0 Å². The van der Waals surface area contributed by atoms with Gasteiger partial charge in [0.2, 0.25) is 5.91 Å². The van der Waals surface area contributed by atoms with Crippen molar-refractivity contribution in [2.45, 2.75) is 51.6 Å². The number of pyridine rings is 1. The van der Waals surface area contributed by atoms with Gasteiger partial charge in [-0.15, -0.1) is 0 Å². The van der Waals surface area contributed by atoms with Crippen LogP contribution in [0.3, 0.4) is 0 Å². The fraction of sp³-hybridized carbons (Fsp3) is 0.321. The number of hydrogen-bond donors (Lipinski definition) is 2. The van der Waals surface area contributed by atoms with Crippen LogP contribution in [0, 0.1) is 0 Å². The molecule has 1 amide bonds. The lowest BCUT2D eigenvalue weighted by Crippen LogP contribution is -2.42. The summed E-state index contributed by atoms with van der Waals surface area (Å²) in [6.45, 7) is 3.99. The van der Waals surface area contributed by atoms with E-state index in [4.69, 9.17) is 11.6 Å². The molecule has 2 aromatic heterocycles. The number of aromatic nitrogens is 3. The van der Waals surface area contributed by atoms with E-state index in [2.05, 4.69) is 15.2 Å². The van der Waals surface area contributed by atoms with Crippen LogP contribution >= 0.6 is 11.6 Å². The van der Waals surface area contributed by atoms with Crippen molar-refractivity contribution in [1.82, 2.24) is 15.2 Å². The van der Waals surface area contributed by atoms with Gasteiger partial charge in [-0.2, -0.15) is 31.4 Å². The summed E-state index contributed by atoms with van der Waals surface area (Å²) in [5.41, 5.74) is -2.98. The Labute approximate surface area is 236 Å². The highest BCUT2D eigenvalue weighted by Gasteiger charge is 2.41. The molecule has 0 saturated carbocycles. The van der Waals surface area contributed by atoms with Crippen molar-refractivity contribution < 1.29 is 36.2 Å². The van der Waals surface area contributed by atoms with Crippen LogP contribution in [0.4, 0.5) is 32.0 Å². The Morgan fingerprint density at radius 1 is 1.00 bits per heavy atom. The van der Waals surface area contributed by atoms with Crippen molar-refractivity contribution in [3.8, 4) is 11.1 Å². The SMILES string of the molecule is CCc1nc2[nH]ncc2c(-c2cc(CO)ccc2Cl)c1N(C)C(=O)C(C)(C)c1cc(C(F)(F)F)cc(C(F)(F)F)c1. The third-order valence-corrected chi connectivity index (χ3v) is 7.28. The molecule has 41 heavy (non-hydrogen) atoms. The molecule has 2 heterocycles. The number of carbonyl (C=O) groups excluding carboxylic acids is 1. The number of hydrogen-bond acceptors (Lipinski definition) is 4. The first-order valence-electron chi connectivity index (χ1n) is 12.3. The van der Waals surface area contributed by atoms with Crippen LogP contribution in [-0.2, 0) is 35.6 Å². The Balaban J connectivity index is 1.96. The summed E-state index contributed by atoms with van der Waals surface area (Å²) in [6.07, 6.45) is -8.38. The van der Waals surface area contributed by atoms with Crippen molar-refractivity contribution in [1.29, 1.82) is 0 Å². The molecule has 0 aliphatic carbocycles. The van der Waals surface area contributed by atoms with Gasteiger partial charge in [0.25, 0.3) is 0 Å². The van der Waals surface area contributed by atoms with Crippen molar-refractivity contribution in [2.24, 2.45) is 0 Å². The minimum absolute atomic E-state index is 0.0218. The first-order chi connectivity index (χ1) is 19.0. The molecule has 2 aromatic carbocycles. The molecule has 13 heteroatoms. The molecule has 6 nitrogen and oxygen atoms in total. The van der Waals surface area contributed by atoms with E-state index >= 15 is 0 Å². The molecule has 2 N–H and O–H groups in total. The summed E-state index contributed by atoms with van der Waals surface area (Å²) in [4.78, 5) is 19.8. The second kappa shape index (κ2) is 10.6. The summed E-state index contributed by atoms with van der Waals surface area (Å²) in [5, 5.41) is 17.3. The Morgan fingerprint density at radius 3 is 2.12 bits per heavy atom. The molecule has 0 radical (unpaired) electrons. The topological polar surface area (TPSA) is 82.1 Å². The average molecular weight is 599 g/mol. The van der Waals surface area contributed by atoms with Gasteiger partial charge in [-0.1, -0.05) is 24.6 Å². The van der Waals surface area contributed by atoms with Crippen LogP contribution in [0.1, 0.15) is 48.7 Å². The zero-order valence-corrected chi connectivity index (χ0v) is 23.1. The van der Waals surface area contributed by atoms with E-state index in [1.807, 2.05) is 0 Å². The second-order valence-corrected chi connectivity index (χ2v) is 10.4. The second-order valence-electron chi connectivity index (χ2n) is 10.0. The lowest BCUT2D eigenvalue weighted by atomic mass is 9.81. The van der Waals surface area contributed by atoms with Gasteiger partial charge in [0.1, 0.15) is 0 Å². The van der Waals surface area contributed by atoms with Gasteiger partial charge in [-0.3, -0.25) is 9.89 Å². The predicted octanol–water partition coefficient (Wildman–Crippen LogP) is 7.31. The van der Waals surface area contributed by atoms with Crippen molar-refractivity contribution >= 4 is 34.2 Å². The molecule has 218 valence electrons. The molecule has 0 unspecified atom stereocenters. The molecule has 4 rings (SSSR count). The van der Waals surface area contributed by atoms with E-state index in [0.717, 1.165) is 0 Å². The third kappa shape index (κ3) is 5.62. The number of aliphatic hydroxyl groups excluding tert-OH is 1. The number of amides is 1. The molecule has 0 atom stereocenters. The Hall–Kier alpha value is -3.64. The summed E-state index contributed by atoms with van der Waals surface area (Å²) < 4.78 is 81.6. The number of halogens is 7. The molecule has 0 aliphatic heterocycles. The minimum atomic E-state index is -5.08. The molecule has 4 aromatic rings. The van der Waals surface area contributed by atoms with Crippen LogP contribution < -0.4 is 4.90 Å². The van der Waals surface area contributed by atoms with Crippen molar-refractivity contribution in [2.75, 3.05) is 11.9 Å². The minimum Gasteiger partial charge on any atom is -0.392 e. The van der Waals surface area contributed by atoms with Crippen molar-refractivity contribution in [3.05, 3.63) is 75.6 Å². The van der Waals surface area contributed by atoms with E-state index in [9.17, 15) is 36.2 Å². The molecule has 0 aliphatic rings. The number of H-pyrrole nitrogens is 1. The standard InChI is InChI=1S/C28H25ClF6N4O2/c1-5-21-23(22(19-12-36-38-24(19)37-21)18-8-14(13-40)6-7-20(18)29)39(4)25(41)26(2,3)15-9-16(27(30,31)32)11-17(10-15)28(33,34)35/h6-12,40H,5,13H2,1-4H3,(H,36,37,38). The van der Waals surface area contributed by atoms with Gasteiger partial charge in [0, 0.05) is 28.6 Å². The number of aryl methyl sites for hydroxylation is 1. The van der Waals surface area contributed by atoms with Crippen molar-refractivity contribution in [3.63, 3.8) is 0 Å². The lowest BCUT2D eigenvalue weighted by Gasteiger charge is -2.33. The number of alkyl halides is 6. The number of nitrogens with zero attached hydrogens (tertiary/aromatic N) is 3. The molecule has 0 fully saturated rings. The fourth-order valence-electron chi connectivity index (χ4n) is 4.71. The lowest BCUT2D eigenvalue weighted by molar-refractivity contribution is -0.143. The van der Waals surface area contributed by atoms with Gasteiger partial charge in [-0.05, 0) is 61.7 Å². The van der Waals surface area contributed by atoms with Gasteiger partial charge >= 0.3 is 12.4 Å². The van der Waals surface area contributed by atoms with E-state index in [0.29, 0.717) is 52.0 Å². The molecule has 0 bridgehead atoms. The first kappa shape index (κ1) is 30.3. The number of anilines is 1. The molecular formula is C28H25ClF6N4O2. The Kier molecular flexibility index (Phi) is 7.87. The number of benzene rings is 2. The fourth-order valence-corrected chi connectivity index (χ4v) is 4.92. The van der Waals surface area contributed by atoms with Crippen LogP contribution in [0.2, 0.25) is 5.02 Å². The molecular weight excluding hydrogens is 574 g/mol. The highest BCUT2D eigenvalue weighted by Crippen LogP contribution is 2.44. The Morgan fingerprint density at radius 2 is 1.59 bits per heavy atom. The summed E-state index contributed by atoms with van der Waals surface area (Å²) in [7, 11) is 1.37. The number of aliphatic hydroxyl groups is 1. The van der Waals surface area contributed by atoms with Crippen LogP contribution in [0.5, 0.6) is 0 Å². The van der Waals surface area contributed by atoms with Crippen LogP contribution in [-0.4, -0.2) is 33.2 Å². The quantitative estimate of drug-likeness (QED) is 0.228. The number of aromatic amines is 1. The molecule has 0 saturated heterocycles. The number of rotatable bonds is 6. The van der Waals surface area contributed by atoms with Crippen LogP contribution in [0.15, 0.2) is 42.6 Å². The summed E-state index contributed by atoms with van der Waals surface area (Å²) >= 11 is 6.56. The normalized spacial score (nSPS) is 12.7. The first-order valence-corrected chi connectivity index (χ1v) is 12.7. The average Bonchev–Trinajstić information content (AvgIpc) is 3.38. The van der Waals surface area contributed by atoms with E-state index in [-0.39, 0.29) is 23.4 Å². The zero-order chi connectivity index (χ0) is 30.5. The summed E-state index contributed by atoms with van der Waals surface area (Å²) in [6, 6.07) is 5.94. The number of nitrogens with one attached hydrogen (secondary N) is 1. The van der Waals surface area contributed by atoms with Crippen LogP contribution in [0.25, 0.3) is 22.2 Å². The van der Waals surface area contributed by atoms with Gasteiger partial charge < -0.3 is 10.0 Å². The van der Waals surface area contributed by atoms with Gasteiger partial charge in [-0.25, -0.2) is 4.98 Å². The number of fused-ring (bicyclic) bond motifs is 1. The summed E-state index contributed by atoms with van der Waals surface area (Å²) in [5.74, 6) is -0.792. The van der Waals surface area contributed by atoms with E-state index in [1.54, 1.807) is 25.1 Å². The molecule has 0 spiro atoms. The maximum absolute atomic E-state index is 14.1. The van der Waals surface area contributed by atoms with Gasteiger partial charge in [0.15, 0.2) is 5.65 Å². The smallest absolute Gasteiger partial charge is 0.392 e. The number of likely N-dealkylation sites (N-methyl/N-ethyl adjacent to an activating group) is 1. The highest BCUT2D eigenvalue weighted by molar-refractivity contribution is 6.34. The van der Waals surface area contributed by atoms with Gasteiger partial charge in [0.05, 0.1) is 40.7 Å². The monoisotopic (exact) mass is 598 g/mol. The van der Waals surface area contributed by atoms with E-state index < -0.39 is 40.4 Å². The highest BCUT2D eigenvalue weighted by atomic mass is 35.5.